The summed E-state index contributed by atoms with van der Waals surface area (Å²) < 4.78 is 0. The first kappa shape index (κ1) is 17.1. The molecule has 0 N–H and O–H groups in total. The van der Waals surface area contributed by atoms with Crippen LogP contribution >= 0.6 is 0 Å². The molecule has 1 unspecified atom stereocenters. The molecule has 0 heterocycles. The molecule has 1 atom stereocenters. The Balaban J connectivity index is 2.21. The van der Waals surface area contributed by atoms with E-state index in [0.717, 1.165) is 16.7 Å². The van der Waals surface area contributed by atoms with Crippen LogP contribution in [0.1, 0.15) is 33.0 Å². The standard InChI is InChI=1S/C22H21NOSi/c1-25(2,3)22-14-21(24)19-10-5-4-8-17(19)11-12-20(22)18-9-6-7-16(13-18)15-23/h4-14,20H,1-3H3/b12-11-,22-14+. The van der Waals surface area contributed by atoms with Crippen LogP contribution in [0.3, 0.4) is 0 Å². The minimum atomic E-state index is -1.74. The Bertz CT molecular complexity index is 926. The first-order valence-electron chi connectivity index (χ1n) is 8.44. The summed E-state index contributed by atoms with van der Waals surface area (Å²) in [6.45, 7) is 6.78. The van der Waals surface area contributed by atoms with Gasteiger partial charge in [-0.25, -0.2) is 0 Å². The Kier molecular flexibility index (Phi) is 4.56. The minimum Gasteiger partial charge on any atom is -0.289 e. The van der Waals surface area contributed by atoms with E-state index in [1.165, 1.54) is 5.20 Å². The Morgan fingerprint density at radius 1 is 1.04 bits per heavy atom. The van der Waals surface area contributed by atoms with Crippen molar-refractivity contribution < 1.29 is 4.79 Å². The van der Waals surface area contributed by atoms with E-state index in [4.69, 9.17) is 0 Å². The lowest BCUT2D eigenvalue weighted by Gasteiger charge is -2.29. The number of nitriles is 1. The highest BCUT2D eigenvalue weighted by Gasteiger charge is 2.29. The summed E-state index contributed by atoms with van der Waals surface area (Å²) in [7, 11) is -1.74. The second-order valence-corrected chi connectivity index (χ2v) is 12.5. The summed E-state index contributed by atoms with van der Waals surface area (Å²) in [4.78, 5) is 12.9. The molecule has 25 heavy (non-hydrogen) atoms. The van der Waals surface area contributed by atoms with Crippen LogP contribution in [0.25, 0.3) is 6.08 Å². The third kappa shape index (κ3) is 3.55. The van der Waals surface area contributed by atoms with Crippen LogP contribution in [0.15, 0.2) is 65.9 Å². The summed E-state index contributed by atoms with van der Waals surface area (Å²) in [6, 6.07) is 17.6. The van der Waals surface area contributed by atoms with Crippen molar-refractivity contribution in [2.45, 2.75) is 25.6 Å². The number of hydrogen-bond acceptors (Lipinski definition) is 2. The highest BCUT2D eigenvalue weighted by atomic mass is 28.3. The Labute approximate surface area is 150 Å². The maximum Gasteiger partial charge on any atom is 0.186 e. The molecule has 0 saturated heterocycles. The van der Waals surface area contributed by atoms with Gasteiger partial charge in [-0.05, 0) is 29.3 Å². The summed E-state index contributed by atoms with van der Waals surface area (Å²) in [5.41, 5.74) is 3.41. The molecule has 2 aromatic carbocycles. The van der Waals surface area contributed by atoms with Crippen LogP contribution in [-0.2, 0) is 0 Å². The van der Waals surface area contributed by atoms with Crippen molar-refractivity contribution in [1.29, 1.82) is 5.26 Å². The molecule has 0 radical (unpaired) electrons. The molecule has 2 nitrogen and oxygen atoms in total. The van der Waals surface area contributed by atoms with E-state index >= 15 is 0 Å². The number of carbonyl (C=O) groups is 1. The summed E-state index contributed by atoms with van der Waals surface area (Å²) in [6.07, 6.45) is 6.06. The lowest BCUT2D eigenvalue weighted by molar-refractivity contribution is 0.104. The fourth-order valence-electron chi connectivity index (χ4n) is 3.25. The lowest BCUT2D eigenvalue weighted by atomic mass is 9.91. The van der Waals surface area contributed by atoms with Crippen LogP contribution in [-0.4, -0.2) is 13.9 Å². The van der Waals surface area contributed by atoms with Crippen LogP contribution in [0, 0.1) is 11.3 Å². The molecule has 124 valence electrons. The topological polar surface area (TPSA) is 40.9 Å². The molecule has 0 amide bonds. The highest BCUT2D eigenvalue weighted by Crippen LogP contribution is 2.35. The van der Waals surface area contributed by atoms with Gasteiger partial charge in [-0.3, -0.25) is 4.79 Å². The minimum absolute atomic E-state index is 0.0253. The van der Waals surface area contributed by atoms with Crippen molar-refractivity contribution in [2.75, 3.05) is 0 Å². The second kappa shape index (κ2) is 6.66. The van der Waals surface area contributed by atoms with E-state index in [0.29, 0.717) is 5.56 Å². The number of hydrogen-bond donors (Lipinski definition) is 0. The van der Waals surface area contributed by atoms with Crippen LogP contribution in [0.4, 0.5) is 0 Å². The van der Waals surface area contributed by atoms with Crippen LogP contribution in [0.2, 0.25) is 19.6 Å². The van der Waals surface area contributed by atoms with Crippen molar-refractivity contribution in [3.63, 3.8) is 0 Å². The number of nitrogens with zero attached hydrogens (tertiary/aromatic N) is 1. The van der Waals surface area contributed by atoms with E-state index in [-0.39, 0.29) is 11.7 Å². The van der Waals surface area contributed by atoms with Gasteiger partial charge in [0.1, 0.15) is 0 Å². The molecule has 0 saturated carbocycles. The van der Waals surface area contributed by atoms with Gasteiger partial charge in [0.05, 0.1) is 19.7 Å². The second-order valence-electron chi connectivity index (χ2n) is 7.38. The Hall–Kier alpha value is -2.70. The van der Waals surface area contributed by atoms with Gasteiger partial charge >= 0.3 is 0 Å². The molecule has 0 aromatic heterocycles. The van der Waals surface area contributed by atoms with Gasteiger partial charge in [0, 0.05) is 11.5 Å². The van der Waals surface area contributed by atoms with E-state index in [1.807, 2.05) is 60.7 Å². The fourth-order valence-corrected chi connectivity index (χ4v) is 5.01. The molecule has 1 aliphatic rings. The monoisotopic (exact) mass is 343 g/mol. The third-order valence-corrected chi connectivity index (χ3v) is 6.74. The molecule has 3 rings (SSSR count). The largest absolute Gasteiger partial charge is 0.289 e. The van der Waals surface area contributed by atoms with Crippen LogP contribution < -0.4 is 0 Å². The molecule has 0 fully saturated rings. The van der Waals surface area contributed by atoms with Crippen molar-refractivity contribution >= 4 is 19.9 Å². The molecule has 3 heteroatoms. The first-order valence-corrected chi connectivity index (χ1v) is 11.9. The van der Waals surface area contributed by atoms with Crippen molar-refractivity contribution in [3.05, 3.63) is 88.1 Å². The number of benzene rings is 2. The zero-order valence-electron chi connectivity index (χ0n) is 14.8. The average Bonchev–Trinajstić information content (AvgIpc) is 2.59. The predicted molar refractivity (Wildman–Crippen MR) is 105 cm³/mol. The Morgan fingerprint density at radius 3 is 2.52 bits per heavy atom. The number of fused-ring (bicyclic) bond motifs is 1. The summed E-state index contributed by atoms with van der Waals surface area (Å²) in [5.74, 6) is 0.0936. The van der Waals surface area contributed by atoms with E-state index in [2.05, 4.69) is 31.8 Å². The summed E-state index contributed by atoms with van der Waals surface area (Å²) in [5, 5.41) is 10.4. The normalized spacial score (nSPS) is 20.5. The molecule has 2 aromatic rings. The maximum absolute atomic E-state index is 12.9. The smallest absolute Gasteiger partial charge is 0.186 e. The SMILES string of the molecule is C[Si](C)(C)/C1=C/C(=O)c2ccccc2/C=C\C1c1cccc(C#N)c1. The van der Waals surface area contributed by atoms with Gasteiger partial charge < -0.3 is 0 Å². The quantitative estimate of drug-likeness (QED) is 0.689. The van der Waals surface area contributed by atoms with Crippen molar-refractivity contribution in [3.8, 4) is 6.07 Å². The number of carbonyl (C=O) groups excluding carboxylic acids is 1. The predicted octanol–water partition coefficient (Wildman–Crippen LogP) is 5.36. The van der Waals surface area contributed by atoms with Gasteiger partial charge in [-0.2, -0.15) is 5.26 Å². The molecular weight excluding hydrogens is 322 g/mol. The van der Waals surface area contributed by atoms with Gasteiger partial charge in [0.2, 0.25) is 0 Å². The molecule has 0 aliphatic heterocycles. The van der Waals surface area contributed by atoms with Crippen molar-refractivity contribution in [2.24, 2.45) is 0 Å². The zero-order valence-corrected chi connectivity index (χ0v) is 15.8. The Morgan fingerprint density at radius 2 is 1.80 bits per heavy atom. The van der Waals surface area contributed by atoms with Crippen molar-refractivity contribution in [1.82, 2.24) is 0 Å². The van der Waals surface area contributed by atoms with Crippen LogP contribution in [0.5, 0.6) is 0 Å². The number of rotatable bonds is 2. The van der Waals surface area contributed by atoms with E-state index in [1.54, 1.807) is 0 Å². The molecule has 1 aliphatic carbocycles. The van der Waals surface area contributed by atoms with Gasteiger partial charge in [-0.15, -0.1) is 0 Å². The van der Waals surface area contributed by atoms with E-state index in [9.17, 15) is 10.1 Å². The molecule has 0 bridgehead atoms. The molecule has 0 spiro atoms. The van der Waals surface area contributed by atoms with Gasteiger partial charge in [0.25, 0.3) is 0 Å². The van der Waals surface area contributed by atoms with Gasteiger partial charge in [-0.1, -0.05) is 73.4 Å². The average molecular weight is 344 g/mol. The number of allylic oxidation sites excluding steroid dienone is 3. The third-order valence-electron chi connectivity index (χ3n) is 4.56. The van der Waals surface area contributed by atoms with Gasteiger partial charge in [0.15, 0.2) is 5.78 Å². The first-order chi connectivity index (χ1) is 11.9. The lowest BCUT2D eigenvalue weighted by Crippen LogP contribution is -2.29. The highest BCUT2D eigenvalue weighted by molar-refractivity contribution is 6.83. The maximum atomic E-state index is 12.9. The summed E-state index contributed by atoms with van der Waals surface area (Å²) >= 11 is 0. The molecular formula is C22H21NOSi. The number of ketones is 1. The zero-order chi connectivity index (χ0) is 18.0. The fraction of sp³-hybridized carbons (Fsp3) is 0.182. The van der Waals surface area contributed by atoms with E-state index < -0.39 is 8.07 Å².